The Hall–Kier alpha value is -1.66. The second kappa shape index (κ2) is 11.0. The van der Waals surface area contributed by atoms with Gasteiger partial charge in [0.1, 0.15) is 0 Å². The van der Waals surface area contributed by atoms with Crippen molar-refractivity contribution < 1.29 is 9.59 Å². The fourth-order valence-electron chi connectivity index (χ4n) is 1.88. The number of hydrogen-bond acceptors (Lipinski definition) is 4. The molecule has 0 aliphatic rings. The molecule has 0 radical (unpaired) electrons. The third-order valence-electron chi connectivity index (χ3n) is 3.83. The lowest BCUT2D eigenvalue weighted by atomic mass is 9.99. The van der Waals surface area contributed by atoms with Crippen LogP contribution in [0.1, 0.15) is 26.0 Å². The smallest absolute Gasteiger partial charge is 0.241 e. The molecule has 0 aliphatic heterocycles. The van der Waals surface area contributed by atoms with Crippen LogP contribution in [0.25, 0.3) is 0 Å². The third-order valence-corrected chi connectivity index (χ3v) is 3.83. The van der Waals surface area contributed by atoms with Crippen LogP contribution in [-0.4, -0.2) is 47.9 Å². The number of carbonyl (C=O) groups excluding carboxylic acids is 2. The average molecular weight is 343 g/mol. The number of likely N-dealkylation sites (N-methyl/N-ethyl adjacent to an activating group) is 1. The minimum atomic E-state index is -0.573. The quantitative estimate of drug-likeness (QED) is 0.737. The predicted octanol–water partition coefficient (Wildman–Crippen LogP) is 0.994. The summed E-state index contributed by atoms with van der Waals surface area (Å²) in [7, 11) is 1.71. The van der Waals surface area contributed by atoms with E-state index in [2.05, 4.69) is 10.3 Å². The van der Waals surface area contributed by atoms with Crippen LogP contribution in [0.5, 0.6) is 0 Å². The fourth-order valence-corrected chi connectivity index (χ4v) is 1.88. The van der Waals surface area contributed by atoms with Gasteiger partial charge in [-0.25, -0.2) is 0 Å². The van der Waals surface area contributed by atoms with Gasteiger partial charge >= 0.3 is 0 Å². The van der Waals surface area contributed by atoms with Crippen molar-refractivity contribution in [3.8, 4) is 0 Å². The van der Waals surface area contributed by atoms with Crippen LogP contribution in [0, 0.1) is 5.92 Å². The summed E-state index contributed by atoms with van der Waals surface area (Å²) in [5.41, 5.74) is 6.76. The lowest BCUT2D eigenvalue weighted by Gasteiger charge is -2.20. The van der Waals surface area contributed by atoms with Gasteiger partial charge in [-0.2, -0.15) is 0 Å². The number of aromatic nitrogens is 1. The van der Waals surface area contributed by atoms with Crippen molar-refractivity contribution in [3.05, 3.63) is 30.1 Å². The van der Waals surface area contributed by atoms with Gasteiger partial charge < -0.3 is 16.0 Å². The Morgan fingerprint density at radius 2 is 2.09 bits per heavy atom. The number of rotatable bonds is 8. The van der Waals surface area contributed by atoms with Crippen LogP contribution in [-0.2, 0) is 16.0 Å². The van der Waals surface area contributed by atoms with E-state index in [1.54, 1.807) is 18.1 Å². The highest BCUT2D eigenvalue weighted by Gasteiger charge is 2.20. The SMILES string of the molecule is CCC(C)C(N)C(=O)NCC(=O)N(C)CCc1ccccn1.Cl. The fraction of sp³-hybridized carbons (Fsp3) is 0.562. The number of nitrogens with one attached hydrogen (secondary N) is 1. The van der Waals surface area contributed by atoms with E-state index in [0.717, 1.165) is 12.1 Å². The standard InChI is InChI=1S/C16H26N4O2.ClH/c1-4-12(2)15(17)16(22)19-11-14(21)20(3)10-8-13-7-5-6-9-18-13;/h5-7,9,12,15H,4,8,10-11,17H2,1-3H3,(H,19,22);1H. The van der Waals surface area contributed by atoms with Gasteiger partial charge in [-0.15, -0.1) is 12.4 Å². The van der Waals surface area contributed by atoms with E-state index in [1.807, 2.05) is 32.0 Å². The zero-order valence-corrected chi connectivity index (χ0v) is 14.8. The Morgan fingerprint density at radius 3 is 2.65 bits per heavy atom. The van der Waals surface area contributed by atoms with E-state index in [-0.39, 0.29) is 36.7 Å². The number of nitrogens with zero attached hydrogens (tertiary/aromatic N) is 2. The van der Waals surface area contributed by atoms with Crippen LogP contribution >= 0.6 is 12.4 Å². The first kappa shape index (κ1) is 21.3. The molecule has 2 atom stereocenters. The van der Waals surface area contributed by atoms with Gasteiger partial charge in [0.2, 0.25) is 11.8 Å². The number of amides is 2. The summed E-state index contributed by atoms with van der Waals surface area (Å²) in [6, 6.07) is 5.12. The third kappa shape index (κ3) is 7.43. The van der Waals surface area contributed by atoms with Gasteiger partial charge in [0, 0.05) is 31.9 Å². The zero-order valence-electron chi connectivity index (χ0n) is 14.0. The van der Waals surface area contributed by atoms with E-state index in [9.17, 15) is 9.59 Å². The summed E-state index contributed by atoms with van der Waals surface area (Å²) in [5.74, 6) is -0.321. The molecule has 0 aromatic carbocycles. The van der Waals surface area contributed by atoms with E-state index in [1.165, 1.54) is 0 Å². The van der Waals surface area contributed by atoms with Crippen molar-refractivity contribution in [1.29, 1.82) is 0 Å². The van der Waals surface area contributed by atoms with Crippen LogP contribution in [0.15, 0.2) is 24.4 Å². The molecule has 0 bridgehead atoms. The Morgan fingerprint density at radius 1 is 1.39 bits per heavy atom. The average Bonchev–Trinajstić information content (AvgIpc) is 2.56. The topological polar surface area (TPSA) is 88.3 Å². The lowest BCUT2D eigenvalue weighted by molar-refractivity contribution is -0.132. The van der Waals surface area contributed by atoms with Crippen molar-refractivity contribution in [2.75, 3.05) is 20.1 Å². The molecule has 1 aromatic rings. The van der Waals surface area contributed by atoms with E-state index < -0.39 is 6.04 Å². The van der Waals surface area contributed by atoms with E-state index >= 15 is 0 Å². The molecular weight excluding hydrogens is 316 g/mol. The van der Waals surface area contributed by atoms with Gasteiger partial charge in [0.15, 0.2) is 0 Å². The van der Waals surface area contributed by atoms with Crippen molar-refractivity contribution in [3.63, 3.8) is 0 Å². The van der Waals surface area contributed by atoms with Crippen molar-refractivity contribution in [2.24, 2.45) is 11.7 Å². The number of hydrogen-bond donors (Lipinski definition) is 2. The van der Waals surface area contributed by atoms with Crippen LogP contribution in [0.2, 0.25) is 0 Å². The molecule has 2 unspecified atom stereocenters. The van der Waals surface area contributed by atoms with Gasteiger partial charge in [-0.3, -0.25) is 14.6 Å². The molecule has 0 saturated carbocycles. The minimum Gasteiger partial charge on any atom is -0.346 e. The number of nitrogens with two attached hydrogens (primary N) is 1. The highest BCUT2D eigenvalue weighted by Crippen LogP contribution is 2.04. The Bertz CT molecular complexity index is 484. The summed E-state index contributed by atoms with van der Waals surface area (Å²) in [6.45, 7) is 4.43. The molecular formula is C16H27ClN4O2. The lowest BCUT2D eigenvalue weighted by Crippen LogP contribution is -2.48. The van der Waals surface area contributed by atoms with Gasteiger partial charge in [0.25, 0.3) is 0 Å². The highest BCUT2D eigenvalue weighted by molar-refractivity contribution is 5.87. The van der Waals surface area contributed by atoms with Gasteiger partial charge in [-0.05, 0) is 18.1 Å². The van der Waals surface area contributed by atoms with Crippen LogP contribution in [0.4, 0.5) is 0 Å². The summed E-state index contributed by atoms with van der Waals surface area (Å²) in [5, 5.41) is 2.61. The maximum absolute atomic E-state index is 12.0. The van der Waals surface area contributed by atoms with Gasteiger partial charge in [-0.1, -0.05) is 26.3 Å². The minimum absolute atomic E-state index is 0. The largest absolute Gasteiger partial charge is 0.346 e. The zero-order chi connectivity index (χ0) is 16.5. The second-order valence-electron chi connectivity index (χ2n) is 5.52. The maximum atomic E-state index is 12.0. The summed E-state index contributed by atoms with van der Waals surface area (Å²) in [4.78, 5) is 29.6. The second-order valence-corrected chi connectivity index (χ2v) is 5.52. The number of halogens is 1. The number of carbonyl (C=O) groups is 2. The van der Waals surface area contributed by atoms with Crippen LogP contribution < -0.4 is 11.1 Å². The Balaban J connectivity index is 0.00000484. The summed E-state index contributed by atoms with van der Waals surface area (Å²) in [6.07, 6.45) is 3.24. The number of pyridine rings is 1. The van der Waals surface area contributed by atoms with Gasteiger partial charge in [0.05, 0.1) is 12.6 Å². The van der Waals surface area contributed by atoms with E-state index in [4.69, 9.17) is 5.73 Å². The maximum Gasteiger partial charge on any atom is 0.241 e. The summed E-state index contributed by atoms with van der Waals surface area (Å²) < 4.78 is 0. The molecule has 0 spiro atoms. The molecule has 0 aliphatic carbocycles. The molecule has 130 valence electrons. The first-order valence-corrected chi connectivity index (χ1v) is 7.62. The molecule has 7 heteroatoms. The molecule has 1 aromatic heterocycles. The van der Waals surface area contributed by atoms with Crippen LogP contribution in [0.3, 0.4) is 0 Å². The Kier molecular flexibility index (Phi) is 10.2. The predicted molar refractivity (Wildman–Crippen MR) is 93.3 cm³/mol. The Labute approximate surface area is 144 Å². The normalized spacial score (nSPS) is 12.7. The highest BCUT2D eigenvalue weighted by atomic mass is 35.5. The molecule has 1 rings (SSSR count). The summed E-state index contributed by atoms with van der Waals surface area (Å²) >= 11 is 0. The molecule has 6 nitrogen and oxygen atoms in total. The molecule has 0 saturated heterocycles. The molecule has 23 heavy (non-hydrogen) atoms. The molecule has 1 heterocycles. The van der Waals surface area contributed by atoms with Crippen molar-refractivity contribution >= 4 is 24.2 Å². The molecule has 2 amide bonds. The first-order valence-electron chi connectivity index (χ1n) is 7.62. The first-order chi connectivity index (χ1) is 10.5. The van der Waals surface area contributed by atoms with E-state index in [0.29, 0.717) is 13.0 Å². The monoisotopic (exact) mass is 342 g/mol. The van der Waals surface area contributed by atoms with Crippen molar-refractivity contribution in [2.45, 2.75) is 32.7 Å². The molecule has 3 N–H and O–H groups in total. The molecule has 0 fully saturated rings. The van der Waals surface area contributed by atoms with Crippen molar-refractivity contribution in [1.82, 2.24) is 15.2 Å².